The number of nitriles is 1. The number of rotatable bonds is 7. The van der Waals surface area contributed by atoms with Gasteiger partial charge in [-0.1, -0.05) is 30.3 Å². The van der Waals surface area contributed by atoms with Gasteiger partial charge in [0.2, 0.25) is 0 Å². The predicted molar refractivity (Wildman–Crippen MR) is 107 cm³/mol. The highest BCUT2D eigenvalue weighted by atomic mass is 16.5. The third-order valence-electron chi connectivity index (χ3n) is 5.15. The van der Waals surface area contributed by atoms with E-state index in [1.807, 2.05) is 12.1 Å². The molecule has 2 saturated heterocycles. The maximum atomic E-state index is 12.3. The van der Waals surface area contributed by atoms with Gasteiger partial charge in [-0.25, -0.2) is 0 Å². The number of carbonyl (C=O) groups is 1. The SMILES string of the molecule is N#C/C(=C/N1CCN(Cc2ccccc2)CC1)C(=O)NCCN1CCOCC1. The number of carbonyl (C=O) groups excluding carboxylic acids is 1. The Bertz CT molecular complexity index is 686. The van der Waals surface area contributed by atoms with Crippen LogP contribution in [0.25, 0.3) is 0 Å². The summed E-state index contributed by atoms with van der Waals surface area (Å²) in [5.41, 5.74) is 1.49. The molecule has 1 aromatic rings. The molecule has 3 rings (SSSR count). The van der Waals surface area contributed by atoms with Gasteiger partial charge >= 0.3 is 0 Å². The van der Waals surface area contributed by atoms with Crippen LogP contribution in [-0.4, -0.2) is 86.2 Å². The minimum atomic E-state index is -0.289. The van der Waals surface area contributed by atoms with Crippen molar-refractivity contribution in [1.82, 2.24) is 20.0 Å². The molecule has 0 bridgehead atoms. The lowest BCUT2D eigenvalue weighted by molar-refractivity contribution is -0.117. The van der Waals surface area contributed by atoms with E-state index in [9.17, 15) is 10.1 Å². The summed E-state index contributed by atoms with van der Waals surface area (Å²) in [6.07, 6.45) is 1.71. The van der Waals surface area contributed by atoms with Gasteiger partial charge in [-0.05, 0) is 5.56 Å². The monoisotopic (exact) mass is 383 g/mol. The molecule has 0 aromatic heterocycles. The van der Waals surface area contributed by atoms with Crippen LogP contribution < -0.4 is 5.32 Å². The number of ether oxygens (including phenoxy) is 1. The molecule has 150 valence electrons. The minimum absolute atomic E-state index is 0.179. The van der Waals surface area contributed by atoms with E-state index in [0.717, 1.165) is 65.6 Å². The Hall–Kier alpha value is -2.40. The molecule has 1 N–H and O–H groups in total. The van der Waals surface area contributed by atoms with Crippen LogP contribution in [0.5, 0.6) is 0 Å². The molecule has 0 unspecified atom stereocenters. The van der Waals surface area contributed by atoms with Crippen molar-refractivity contribution in [3.63, 3.8) is 0 Å². The number of benzene rings is 1. The fourth-order valence-electron chi connectivity index (χ4n) is 3.46. The molecular weight excluding hydrogens is 354 g/mol. The van der Waals surface area contributed by atoms with Crippen molar-refractivity contribution in [3.8, 4) is 6.07 Å². The lowest BCUT2D eigenvalue weighted by atomic mass is 10.2. The summed E-state index contributed by atoms with van der Waals surface area (Å²) in [7, 11) is 0. The quantitative estimate of drug-likeness (QED) is 0.551. The molecule has 2 heterocycles. The molecule has 1 amide bonds. The van der Waals surface area contributed by atoms with Crippen molar-refractivity contribution >= 4 is 5.91 Å². The summed E-state index contributed by atoms with van der Waals surface area (Å²) >= 11 is 0. The Morgan fingerprint density at radius 3 is 2.46 bits per heavy atom. The van der Waals surface area contributed by atoms with Gasteiger partial charge in [0.1, 0.15) is 11.6 Å². The third-order valence-corrected chi connectivity index (χ3v) is 5.15. The van der Waals surface area contributed by atoms with Crippen LogP contribution >= 0.6 is 0 Å². The smallest absolute Gasteiger partial charge is 0.263 e. The van der Waals surface area contributed by atoms with E-state index >= 15 is 0 Å². The second-order valence-electron chi connectivity index (χ2n) is 7.16. The molecule has 1 aromatic carbocycles. The maximum Gasteiger partial charge on any atom is 0.263 e. The Labute approximate surface area is 167 Å². The molecule has 0 aliphatic carbocycles. The Kier molecular flexibility index (Phi) is 7.85. The van der Waals surface area contributed by atoms with E-state index < -0.39 is 0 Å². The second-order valence-corrected chi connectivity index (χ2v) is 7.16. The van der Waals surface area contributed by atoms with Crippen LogP contribution in [0.15, 0.2) is 42.1 Å². The summed E-state index contributed by atoms with van der Waals surface area (Å²) in [5.74, 6) is -0.289. The van der Waals surface area contributed by atoms with Crippen LogP contribution in [0.2, 0.25) is 0 Å². The molecule has 2 aliphatic heterocycles. The zero-order chi connectivity index (χ0) is 19.6. The van der Waals surface area contributed by atoms with Crippen molar-refractivity contribution in [2.45, 2.75) is 6.54 Å². The molecule has 28 heavy (non-hydrogen) atoms. The fourth-order valence-corrected chi connectivity index (χ4v) is 3.46. The molecule has 7 heteroatoms. The van der Waals surface area contributed by atoms with Crippen molar-refractivity contribution in [3.05, 3.63) is 47.7 Å². The van der Waals surface area contributed by atoms with E-state index in [-0.39, 0.29) is 11.5 Å². The second kappa shape index (κ2) is 10.8. The zero-order valence-corrected chi connectivity index (χ0v) is 16.3. The molecule has 0 atom stereocenters. The van der Waals surface area contributed by atoms with Crippen molar-refractivity contribution in [2.75, 3.05) is 65.6 Å². The van der Waals surface area contributed by atoms with Gasteiger partial charge in [-0.2, -0.15) is 5.26 Å². The molecule has 7 nitrogen and oxygen atoms in total. The summed E-state index contributed by atoms with van der Waals surface area (Å²) in [6, 6.07) is 12.5. The lowest BCUT2D eigenvalue weighted by Crippen LogP contribution is -2.44. The number of nitrogens with zero attached hydrogens (tertiary/aromatic N) is 4. The number of piperazine rings is 1. The van der Waals surface area contributed by atoms with Crippen molar-refractivity contribution in [1.29, 1.82) is 5.26 Å². The highest BCUT2D eigenvalue weighted by molar-refractivity contribution is 5.97. The molecule has 0 spiro atoms. The van der Waals surface area contributed by atoms with Crippen LogP contribution in [0.1, 0.15) is 5.56 Å². The summed E-state index contributed by atoms with van der Waals surface area (Å²) < 4.78 is 5.32. The van der Waals surface area contributed by atoms with Crippen molar-refractivity contribution in [2.24, 2.45) is 0 Å². The first-order valence-electron chi connectivity index (χ1n) is 9.95. The number of hydrogen-bond donors (Lipinski definition) is 1. The van der Waals surface area contributed by atoms with Crippen LogP contribution in [0.3, 0.4) is 0 Å². The van der Waals surface area contributed by atoms with Gasteiger partial charge in [0.05, 0.1) is 13.2 Å². The first kappa shape index (κ1) is 20.3. The zero-order valence-electron chi connectivity index (χ0n) is 16.3. The Balaban J connectivity index is 1.41. The van der Waals surface area contributed by atoms with Gasteiger partial charge in [0, 0.05) is 65.1 Å². The summed E-state index contributed by atoms with van der Waals surface area (Å²) in [5, 5.41) is 12.2. The van der Waals surface area contributed by atoms with Crippen LogP contribution in [-0.2, 0) is 16.1 Å². The van der Waals surface area contributed by atoms with Gasteiger partial charge in [0.15, 0.2) is 0 Å². The van der Waals surface area contributed by atoms with Gasteiger partial charge < -0.3 is 15.0 Å². The van der Waals surface area contributed by atoms with Gasteiger partial charge in [0.25, 0.3) is 5.91 Å². The molecule has 2 aliphatic rings. The average molecular weight is 383 g/mol. The van der Waals surface area contributed by atoms with Crippen molar-refractivity contribution < 1.29 is 9.53 Å². The van der Waals surface area contributed by atoms with E-state index in [4.69, 9.17) is 4.74 Å². The maximum absolute atomic E-state index is 12.3. The normalized spacial score (nSPS) is 19.2. The average Bonchev–Trinajstić information content (AvgIpc) is 2.74. The summed E-state index contributed by atoms with van der Waals surface area (Å²) in [6.45, 7) is 9.01. The first-order valence-corrected chi connectivity index (χ1v) is 9.95. The van der Waals surface area contributed by atoms with Crippen LogP contribution in [0.4, 0.5) is 0 Å². The Morgan fingerprint density at radius 2 is 1.79 bits per heavy atom. The third kappa shape index (κ3) is 6.34. The molecule has 2 fully saturated rings. The first-order chi connectivity index (χ1) is 13.7. The number of amides is 1. The number of nitrogens with one attached hydrogen (secondary N) is 1. The van der Waals surface area contributed by atoms with E-state index in [0.29, 0.717) is 6.54 Å². The topological polar surface area (TPSA) is 71.8 Å². The highest BCUT2D eigenvalue weighted by Gasteiger charge is 2.18. The van der Waals surface area contributed by atoms with E-state index in [2.05, 4.69) is 44.3 Å². The minimum Gasteiger partial charge on any atom is -0.379 e. The van der Waals surface area contributed by atoms with Crippen LogP contribution in [0, 0.1) is 11.3 Å². The van der Waals surface area contributed by atoms with E-state index in [1.165, 1.54) is 5.56 Å². The molecule has 0 radical (unpaired) electrons. The largest absolute Gasteiger partial charge is 0.379 e. The number of morpholine rings is 1. The number of hydrogen-bond acceptors (Lipinski definition) is 6. The van der Waals surface area contributed by atoms with Gasteiger partial charge in [-0.15, -0.1) is 0 Å². The van der Waals surface area contributed by atoms with E-state index in [1.54, 1.807) is 6.20 Å². The molecular formula is C21H29N5O2. The highest BCUT2D eigenvalue weighted by Crippen LogP contribution is 2.09. The fraction of sp³-hybridized carbons (Fsp3) is 0.524. The summed E-state index contributed by atoms with van der Waals surface area (Å²) in [4.78, 5) is 19.0. The standard InChI is InChI=1S/C21H29N5O2/c22-16-20(21(27)23-6-7-24-12-14-28-15-13-24)18-26-10-8-25(9-11-26)17-19-4-2-1-3-5-19/h1-5,18H,6-15,17H2,(H,23,27)/b20-18-. The Morgan fingerprint density at radius 1 is 1.07 bits per heavy atom. The lowest BCUT2D eigenvalue weighted by Gasteiger charge is -2.34. The molecule has 0 saturated carbocycles. The predicted octanol–water partition coefficient (Wildman–Crippen LogP) is 0.660. The van der Waals surface area contributed by atoms with Gasteiger partial charge in [-0.3, -0.25) is 14.6 Å².